The molecule has 0 spiro atoms. The summed E-state index contributed by atoms with van der Waals surface area (Å²) >= 11 is 6.47. The summed E-state index contributed by atoms with van der Waals surface area (Å²) in [5.74, 6) is 1.97. The second-order valence-corrected chi connectivity index (χ2v) is 5.93. The van der Waals surface area contributed by atoms with Crippen LogP contribution in [-0.2, 0) is 5.41 Å². The fraction of sp³-hybridized carbons (Fsp3) is 0.571. The first-order valence-corrected chi connectivity index (χ1v) is 6.79. The minimum Gasteiger partial charge on any atom is -0.454 e. The Labute approximate surface area is 112 Å². The average Bonchev–Trinajstić information content (AvgIpc) is 2.99. The van der Waals surface area contributed by atoms with Gasteiger partial charge in [0.05, 0.1) is 0 Å². The van der Waals surface area contributed by atoms with Gasteiger partial charge >= 0.3 is 0 Å². The van der Waals surface area contributed by atoms with E-state index in [9.17, 15) is 0 Å². The molecule has 98 valence electrons. The van der Waals surface area contributed by atoms with E-state index < -0.39 is 0 Å². The average molecular weight is 268 g/mol. The fourth-order valence-electron chi connectivity index (χ4n) is 2.83. The molecule has 0 bridgehead atoms. The lowest BCUT2D eigenvalue weighted by molar-refractivity contribution is 0.173. The zero-order valence-corrected chi connectivity index (χ0v) is 11.5. The number of hydrogen-bond donors (Lipinski definition) is 1. The minimum atomic E-state index is 0.0671. The van der Waals surface area contributed by atoms with Crippen molar-refractivity contribution >= 4 is 11.6 Å². The molecule has 0 saturated heterocycles. The van der Waals surface area contributed by atoms with Crippen LogP contribution in [0.25, 0.3) is 0 Å². The quantitative estimate of drug-likeness (QED) is 0.915. The molecule has 0 atom stereocenters. The Morgan fingerprint density at radius 1 is 1.39 bits per heavy atom. The summed E-state index contributed by atoms with van der Waals surface area (Å²) < 4.78 is 11.1. The number of ether oxygens (including phenoxy) is 2. The van der Waals surface area contributed by atoms with Gasteiger partial charge in [-0.2, -0.15) is 0 Å². The third-order valence-electron chi connectivity index (χ3n) is 4.00. The predicted octanol–water partition coefficient (Wildman–Crippen LogP) is 3.18. The highest BCUT2D eigenvalue weighted by Gasteiger charge is 2.47. The lowest BCUT2D eigenvalue weighted by atomic mass is 9.85. The van der Waals surface area contributed by atoms with Gasteiger partial charge in [0.2, 0.25) is 6.79 Å². The Morgan fingerprint density at radius 3 is 2.67 bits per heavy atom. The number of nitrogens with two attached hydrogens (primary N) is 1. The van der Waals surface area contributed by atoms with E-state index in [2.05, 4.69) is 13.8 Å². The Morgan fingerprint density at radius 2 is 2.11 bits per heavy atom. The number of fused-ring (bicyclic) bond motifs is 1. The highest BCUT2D eigenvalue weighted by atomic mass is 35.5. The molecule has 1 fully saturated rings. The summed E-state index contributed by atoms with van der Waals surface area (Å²) in [5.41, 5.74) is 8.39. The van der Waals surface area contributed by atoms with Crippen molar-refractivity contribution in [3.8, 4) is 11.5 Å². The highest BCUT2D eigenvalue weighted by molar-refractivity contribution is 6.32. The van der Waals surface area contributed by atoms with E-state index in [0.717, 1.165) is 29.4 Å². The van der Waals surface area contributed by atoms with Gasteiger partial charge in [0.15, 0.2) is 11.5 Å². The molecule has 0 radical (unpaired) electrons. The van der Waals surface area contributed by atoms with Gasteiger partial charge in [-0.05, 0) is 24.3 Å². The van der Waals surface area contributed by atoms with E-state index in [1.165, 1.54) is 11.1 Å². The summed E-state index contributed by atoms with van der Waals surface area (Å²) in [7, 11) is 0. The molecule has 1 heterocycles. The first kappa shape index (κ1) is 12.1. The van der Waals surface area contributed by atoms with Gasteiger partial charge < -0.3 is 15.2 Å². The third kappa shape index (κ3) is 1.61. The van der Waals surface area contributed by atoms with Crippen molar-refractivity contribution in [2.75, 3.05) is 13.3 Å². The smallest absolute Gasteiger partial charge is 0.231 e. The summed E-state index contributed by atoms with van der Waals surface area (Å²) in [6.45, 7) is 5.24. The maximum Gasteiger partial charge on any atom is 0.231 e. The standard InChI is InChI=1S/C14H18ClNO2/c1-8(2)11-12(14(6-16)3-4-14)9(15)5-10-13(11)18-7-17-10/h5,8H,3-4,6-7,16H2,1-2H3. The molecule has 3 rings (SSSR count). The number of benzene rings is 1. The topological polar surface area (TPSA) is 44.5 Å². The molecule has 1 saturated carbocycles. The van der Waals surface area contributed by atoms with Gasteiger partial charge in [0, 0.05) is 28.6 Å². The van der Waals surface area contributed by atoms with Crippen LogP contribution in [0.4, 0.5) is 0 Å². The van der Waals surface area contributed by atoms with E-state index in [4.69, 9.17) is 26.8 Å². The van der Waals surface area contributed by atoms with Crippen molar-refractivity contribution in [3.05, 3.63) is 22.2 Å². The maximum absolute atomic E-state index is 6.47. The Balaban J connectivity index is 2.24. The summed E-state index contributed by atoms with van der Waals surface area (Å²) in [6.07, 6.45) is 2.23. The molecular weight excluding hydrogens is 250 g/mol. The molecule has 1 aliphatic heterocycles. The third-order valence-corrected chi connectivity index (χ3v) is 4.30. The molecule has 3 nitrogen and oxygen atoms in total. The van der Waals surface area contributed by atoms with Crippen molar-refractivity contribution in [2.45, 2.75) is 38.0 Å². The SMILES string of the molecule is CC(C)c1c2c(cc(Cl)c1C1(CN)CC1)OCO2. The molecule has 0 aromatic heterocycles. The number of rotatable bonds is 3. The van der Waals surface area contributed by atoms with Crippen LogP contribution in [0, 0.1) is 0 Å². The van der Waals surface area contributed by atoms with Gasteiger partial charge in [-0.3, -0.25) is 0 Å². The van der Waals surface area contributed by atoms with Crippen molar-refractivity contribution in [2.24, 2.45) is 5.73 Å². The summed E-state index contributed by atoms with van der Waals surface area (Å²) in [5, 5.41) is 0.769. The molecule has 18 heavy (non-hydrogen) atoms. The summed E-state index contributed by atoms with van der Waals surface area (Å²) in [6, 6.07) is 1.88. The second kappa shape index (κ2) is 4.04. The first-order valence-electron chi connectivity index (χ1n) is 6.41. The maximum atomic E-state index is 6.47. The molecule has 0 amide bonds. The van der Waals surface area contributed by atoms with Gasteiger partial charge in [-0.15, -0.1) is 0 Å². The Kier molecular flexibility index (Phi) is 2.72. The molecule has 2 aliphatic rings. The molecule has 4 heteroatoms. The predicted molar refractivity (Wildman–Crippen MR) is 71.6 cm³/mol. The van der Waals surface area contributed by atoms with E-state index in [1.807, 2.05) is 6.07 Å². The number of halogens is 1. The molecule has 0 unspecified atom stereocenters. The fourth-order valence-corrected chi connectivity index (χ4v) is 3.23. The highest BCUT2D eigenvalue weighted by Crippen LogP contribution is 2.56. The Hall–Kier alpha value is -0.930. The molecule has 1 aromatic rings. The van der Waals surface area contributed by atoms with E-state index in [-0.39, 0.29) is 12.2 Å². The minimum absolute atomic E-state index is 0.0671. The van der Waals surface area contributed by atoms with E-state index >= 15 is 0 Å². The molecular formula is C14H18ClNO2. The zero-order valence-electron chi connectivity index (χ0n) is 10.8. The van der Waals surface area contributed by atoms with Crippen molar-refractivity contribution in [1.82, 2.24) is 0 Å². The first-order chi connectivity index (χ1) is 8.59. The van der Waals surface area contributed by atoms with Crippen LogP contribution in [0.15, 0.2) is 6.07 Å². The largest absolute Gasteiger partial charge is 0.454 e. The molecule has 2 N–H and O–H groups in total. The Bertz CT molecular complexity index is 495. The van der Waals surface area contributed by atoms with Crippen LogP contribution in [0.5, 0.6) is 11.5 Å². The van der Waals surface area contributed by atoms with Crippen LogP contribution in [0.1, 0.15) is 43.7 Å². The van der Waals surface area contributed by atoms with Crippen molar-refractivity contribution < 1.29 is 9.47 Å². The van der Waals surface area contributed by atoms with Crippen LogP contribution < -0.4 is 15.2 Å². The second-order valence-electron chi connectivity index (χ2n) is 5.52. The number of hydrogen-bond acceptors (Lipinski definition) is 3. The van der Waals surface area contributed by atoms with Crippen LogP contribution >= 0.6 is 11.6 Å². The lowest BCUT2D eigenvalue weighted by Crippen LogP contribution is -2.22. The zero-order chi connectivity index (χ0) is 12.9. The van der Waals surface area contributed by atoms with Crippen LogP contribution in [-0.4, -0.2) is 13.3 Å². The lowest BCUT2D eigenvalue weighted by Gasteiger charge is -2.23. The molecule has 1 aliphatic carbocycles. The van der Waals surface area contributed by atoms with Gasteiger partial charge in [-0.25, -0.2) is 0 Å². The van der Waals surface area contributed by atoms with Crippen LogP contribution in [0.2, 0.25) is 5.02 Å². The van der Waals surface area contributed by atoms with Gasteiger partial charge in [0.1, 0.15) is 0 Å². The molecule has 1 aromatic carbocycles. The van der Waals surface area contributed by atoms with E-state index in [0.29, 0.717) is 12.5 Å². The van der Waals surface area contributed by atoms with Crippen LogP contribution in [0.3, 0.4) is 0 Å². The summed E-state index contributed by atoms with van der Waals surface area (Å²) in [4.78, 5) is 0. The van der Waals surface area contributed by atoms with Gasteiger partial charge in [0.25, 0.3) is 0 Å². The van der Waals surface area contributed by atoms with Gasteiger partial charge in [-0.1, -0.05) is 25.4 Å². The normalized spacial score (nSPS) is 19.4. The van der Waals surface area contributed by atoms with Crippen molar-refractivity contribution in [3.63, 3.8) is 0 Å². The van der Waals surface area contributed by atoms with E-state index in [1.54, 1.807) is 0 Å². The van der Waals surface area contributed by atoms with Crippen molar-refractivity contribution in [1.29, 1.82) is 0 Å². The monoisotopic (exact) mass is 267 g/mol.